The van der Waals surface area contributed by atoms with E-state index in [0.29, 0.717) is 24.7 Å². The maximum Gasteiger partial charge on any atom is 0.0811 e. The zero-order chi connectivity index (χ0) is 24.4. The second-order valence-electron chi connectivity index (χ2n) is 11.7. The lowest BCUT2D eigenvalue weighted by Gasteiger charge is -2.42. The summed E-state index contributed by atoms with van der Waals surface area (Å²) in [6.07, 6.45) is 17.1. The maximum atomic E-state index is 10.2. The molecule has 3 nitrogen and oxygen atoms in total. The third-order valence-electron chi connectivity index (χ3n) is 8.18. The van der Waals surface area contributed by atoms with E-state index in [9.17, 15) is 10.2 Å². The van der Waals surface area contributed by atoms with Gasteiger partial charge < -0.3 is 10.2 Å². The number of hydrogen-bond acceptors (Lipinski definition) is 3. The largest absolute Gasteiger partial charge is 0.393 e. The minimum atomic E-state index is -0.625. The summed E-state index contributed by atoms with van der Waals surface area (Å²) in [6, 6.07) is 0. The first-order valence-corrected chi connectivity index (χ1v) is 12.8. The number of fused-ring (bicyclic) bond motifs is 1. The van der Waals surface area contributed by atoms with Crippen molar-refractivity contribution in [3.63, 3.8) is 0 Å². The van der Waals surface area contributed by atoms with Crippen molar-refractivity contribution in [2.45, 2.75) is 91.8 Å². The van der Waals surface area contributed by atoms with Crippen LogP contribution in [0.4, 0.5) is 0 Å². The van der Waals surface area contributed by atoms with Gasteiger partial charge >= 0.3 is 0 Å². The molecule has 182 valence electrons. The highest BCUT2D eigenvalue weighted by Crippen LogP contribution is 2.57. The van der Waals surface area contributed by atoms with Gasteiger partial charge in [0.05, 0.1) is 12.2 Å². The molecule has 2 saturated carbocycles. The van der Waals surface area contributed by atoms with Gasteiger partial charge in [0, 0.05) is 24.6 Å². The van der Waals surface area contributed by atoms with Crippen LogP contribution in [0.1, 0.15) is 79.6 Å². The summed E-state index contributed by atoms with van der Waals surface area (Å²) >= 11 is 0. The molecule has 3 rings (SSSR count). The monoisotopic (exact) mass is 451 g/mol. The van der Waals surface area contributed by atoms with E-state index in [2.05, 4.69) is 76.6 Å². The van der Waals surface area contributed by atoms with E-state index in [1.54, 1.807) is 5.57 Å². The molecule has 3 aliphatic carbocycles. The van der Waals surface area contributed by atoms with Crippen molar-refractivity contribution in [1.82, 2.24) is 0 Å². The normalized spacial score (nSPS) is 34.8. The number of nitrogens with zero attached hydrogens (tertiary/aromatic N) is 1. The summed E-state index contributed by atoms with van der Waals surface area (Å²) in [5.41, 5.74) is 6.35. The third kappa shape index (κ3) is 5.69. The number of aliphatic hydroxyl groups excluding tert-OH is 2. The van der Waals surface area contributed by atoms with Crippen LogP contribution in [0, 0.1) is 22.7 Å². The first-order chi connectivity index (χ1) is 15.5. The second-order valence-corrected chi connectivity index (χ2v) is 11.7. The highest BCUT2D eigenvalue weighted by molar-refractivity contribution is 5.98. The van der Waals surface area contributed by atoms with E-state index in [0.717, 1.165) is 36.1 Å². The Balaban J connectivity index is 1.73. The Morgan fingerprint density at radius 1 is 1.30 bits per heavy atom. The van der Waals surface area contributed by atoms with Crippen molar-refractivity contribution in [2.75, 3.05) is 7.05 Å². The van der Waals surface area contributed by atoms with Gasteiger partial charge in [-0.15, -0.1) is 0 Å². The number of aliphatic imine (C=N–C) groups is 1. The van der Waals surface area contributed by atoms with Crippen LogP contribution in [0.25, 0.3) is 0 Å². The summed E-state index contributed by atoms with van der Waals surface area (Å²) in [4.78, 5) is 4.48. The molecule has 0 aromatic carbocycles. The van der Waals surface area contributed by atoms with Gasteiger partial charge in [-0.05, 0) is 73.0 Å². The predicted molar refractivity (Wildman–Crippen MR) is 140 cm³/mol. The summed E-state index contributed by atoms with van der Waals surface area (Å²) in [5.74, 6) is 1.08. The summed E-state index contributed by atoms with van der Waals surface area (Å²) in [6.45, 7) is 15.5. The summed E-state index contributed by atoms with van der Waals surface area (Å²) in [7, 11) is 1.88. The fourth-order valence-corrected chi connectivity index (χ4v) is 6.25. The summed E-state index contributed by atoms with van der Waals surface area (Å²) in [5, 5.41) is 20.2. The van der Waals surface area contributed by atoms with E-state index in [1.165, 1.54) is 18.4 Å². The van der Waals surface area contributed by atoms with E-state index >= 15 is 0 Å². The Morgan fingerprint density at radius 2 is 2.03 bits per heavy atom. The quantitative estimate of drug-likeness (QED) is 0.359. The Bertz CT molecular complexity index is 895. The zero-order valence-corrected chi connectivity index (χ0v) is 21.7. The highest BCUT2D eigenvalue weighted by Gasteiger charge is 2.45. The van der Waals surface area contributed by atoms with Crippen LogP contribution in [0.15, 0.2) is 64.2 Å². The maximum absolute atomic E-state index is 10.2. The van der Waals surface area contributed by atoms with Crippen molar-refractivity contribution < 1.29 is 10.2 Å². The van der Waals surface area contributed by atoms with Crippen LogP contribution in [0.5, 0.6) is 0 Å². The molecule has 0 bridgehead atoms. The molecule has 33 heavy (non-hydrogen) atoms. The topological polar surface area (TPSA) is 52.8 Å². The number of rotatable bonds is 5. The molecule has 0 spiro atoms. The van der Waals surface area contributed by atoms with Gasteiger partial charge in [0.1, 0.15) is 0 Å². The highest BCUT2D eigenvalue weighted by atomic mass is 16.3. The number of hydrogen-bond donors (Lipinski definition) is 2. The van der Waals surface area contributed by atoms with Gasteiger partial charge in [-0.25, -0.2) is 0 Å². The van der Waals surface area contributed by atoms with Crippen LogP contribution in [0.3, 0.4) is 0 Å². The van der Waals surface area contributed by atoms with Crippen LogP contribution in [0.2, 0.25) is 0 Å². The van der Waals surface area contributed by atoms with Gasteiger partial charge in [-0.2, -0.15) is 0 Å². The van der Waals surface area contributed by atoms with Gasteiger partial charge in [0.15, 0.2) is 0 Å². The van der Waals surface area contributed by atoms with Crippen LogP contribution >= 0.6 is 0 Å². The Hall–Kier alpha value is -1.71. The van der Waals surface area contributed by atoms with Crippen molar-refractivity contribution >= 4 is 5.71 Å². The van der Waals surface area contributed by atoms with Gasteiger partial charge in [0.25, 0.3) is 0 Å². The number of allylic oxidation sites excluding steroid dienone is 7. The van der Waals surface area contributed by atoms with E-state index in [-0.39, 0.29) is 10.8 Å². The van der Waals surface area contributed by atoms with Gasteiger partial charge in [-0.3, -0.25) is 4.99 Å². The molecule has 3 heteroatoms. The average molecular weight is 452 g/mol. The lowest BCUT2D eigenvalue weighted by molar-refractivity contribution is 0.0862. The van der Waals surface area contributed by atoms with Crippen molar-refractivity contribution in [1.29, 1.82) is 0 Å². The smallest absolute Gasteiger partial charge is 0.0811 e. The van der Waals surface area contributed by atoms with Crippen molar-refractivity contribution in [3.8, 4) is 0 Å². The van der Waals surface area contributed by atoms with Crippen LogP contribution in [-0.4, -0.2) is 35.2 Å². The van der Waals surface area contributed by atoms with Crippen LogP contribution in [-0.2, 0) is 0 Å². The molecule has 0 aromatic heterocycles. The third-order valence-corrected chi connectivity index (χ3v) is 8.18. The van der Waals surface area contributed by atoms with Gasteiger partial charge in [-0.1, -0.05) is 76.6 Å². The van der Waals surface area contributed by atoms with Gasteiger partial charge in [0.2, 0.25) is 0 Å². The number of aliphatic hydroxyl groups is 2. The molecule has 0 aromatic rings. The van der Waals surface area contributed by atoms with Crippen molar-refractivity contribution in [3.05, 3.63) is 59.3 Å². The molecule has 0 unspecified atom stereocenters. The average Bonchev–Trinajstić information content (AvgIpc) is 3.09. The van der Waals surface area contributed by atoms with Crippen molar-refractivity contribution in [2.24, 2.45) is 27.7 Å². The standard InChI is InChI=1S/C30H45NO2/c1-20(10-8-12-28(31-7)29(3,4)5)25-15-16-26-22(11-9-17-30(25,26)6)13-14-23-18-24(32)19-27(33)21(23)2/h8,12-15,20,24,26-27,32-33H,2,9-11,16-19H2,1,3-7H3/b12-8+,22-13+,23-14-,31-28?/t20-,24-,26+,27+,30-/m1/s1. The fourth-order valence-electron chi connectivity index (χ4n) is 6.25. The molecule has 5 atom stereocenters. The molecule has 0 amide bonds. The fraction of sp³-hybridized carbons (Fsp3) is 0.633. The molecule has 2 N–H and O–H groups in total. The molecular weight excluding hydrogens is 406 g/mol. The minimum absolute atomic E-state index is 0.0749. The molecule has 0 saturated heterocycles. The van der Waals surface area contributed by atoms with E-state index in [4.69, 9.17) is 0 Å². The molecule has 3 aliphatic rings. The van der Waals surface area contributed by atoms with Crippen LogP contribution < -0.4 is 0 Å². The second kappa shape index (κ2) is 10.3. The van der Waals surface area contributed by atoms with E-state index in [1.807, 2.05) is 7.05 Å². The molecule has 2 fully saturated rings. The minimum Gasteiger partial charge on any atom is -0.393 e. The molecule has 0 heterocycles. The predicted octanol–water partition coefficient (Wildman–Crippen LogP) is 6.75. The Morgan fingerprint density at radius 3 is 2.70 bits per heavy atom. The first kappa shape index (κ1) is 25.9. The lowest BCUT2D eigenvalue weighted by Crippen LogP contribution is -2.32. The molecule has 0 radical (unpaired) electrons. The Kier molecular flexibility index (Phi) is 8.07. The lowest BCUT2D eigenvalue weighted by atomic mass is 9.62. The van der Waals surface area contributed by atoms with E-state index < -0.39 is 12.2 Å². The molecule has 0 aliphatic heterocycles. The molecular formula is C30H45NO2. The summed E-state index contributed by atoms with van der Waals surface area (Å²) < 4.78 is 0. The Labute approximate surface area is 201 Å². The first-order valence-electron chi connectivity index (χ1n) is 12.8. The SMILES string of the molecule is C=C1/C(=C\C=C2/CCC[C@]3(C)C([C@H](C)C/C=C/C(=NC)C(C)(C)C)=CC[C@@H]23)C[C@@H](O)C[C@@H]1O. The zero-order valence-electron chi connectivity index (χ0n) is 21.7.